The Balaban J connectivity index is 1.36. The van der Waals surface area contributed by atoms with Gasteiger partial charge in [-0.25, -0.2) is 4.79 Å². The van der Waals surface area contributed by atoms with Crippen molar-refractivity contribution < 1.29 is 14.7 Å². The highest BCUT2D eigenvalue weighted by molar-refractivity contribution is 6.06. The zero-order chi connectivity index (χ0) is 23.0. The molecule has 2 aliphatic rings. The number of likely N-dealkylation sites (tertiary alicyclic amines) is 1. The number of hydrogen-bond acceptors (Lipinski definition) is 3. The molecule has 6 heteroatoms. The van der Waals surface area contributed by atoms with E-state index in [1.165, 1.54) is 0 Å². The van der Waals surface area contributed by atoms with Gasteiger partial charge in [-0.15, -0.1) is 0 Å². The van der Waals surface area contributed by atoms with Crippen molar-refractivity contribution in [2.45, 2.75) is 25.8 Å². The first kappa shape index (κ1) is 21.1. The van der Waals surface area contributed by atoms with Gasteiger partial charge in [-0.3, -0.25) is 4.79 Å². The molecule has 1 atom stereocenters. The monoisotopic (exact) mass is 441 g/mol. The van der Waals surface area contributed by atoms with Crippen molar-refractivity contribution in [3.05, 3.63) is 90.0 Å². The van der Waals surface area contributed by atoms with E-state index in [9.17, 15) is 14.7 Å². The van der Waals surface area contributed by atoms with Gasteiger partial charge in [0, 0.05) is 18.8 Å². The van der Waals surface area contributed by atoms with E-state index in [1.807, 2.05) is 66.4 Å². The van der Waals surface area contributed by atoms with Crippen LogP contribution in [0.2, 0.25) is 0 Å². The van der Waals surface area contributed by atoms with Crippen molar-refractivity contribution in [3.63, 3.8) is 0 Å². The molecule has 0 aliphatic carbocycles. The quantitative estimate of drug-likeness (QED) is 0.439. The summed E-state index contributed by atoms with van der Waals surface area (Å²) in [7, 11) is 0. The molecule has 0 saturated carbocycles. The van der Waals surface area contributed by atoms with Crippen molar-refractivity contribution in [2.24, 2.45) is 5.41 Å². The molecule has 1 spiro atoms. The smallest absolute Gasteiger partial charge is 0.321 e. The van der Waals surface area contributed by atoms with Crippen LogP contribution in [0.3, 0.4) is 0 Å². The minimum Gasteiger partial charge on any atom is -0.506 e. The molecule has 6 nitrogen and oxygen atoms in total. The van der Waals surface area contributed by atoms with Crippen molar-refractivity contribution in [1.82, 2.24) is 4.90 Å². The van der Waals surface area contributed by atoms with Gasteiger partial charge in [0.25, 0.3) is 0 Å². The standard InChI is InChI=1S/C27H27N3O3/c1-19-9-8-14-22(31)23(19)28-26(33)29-17-15-27(16-18-29)24(20-10-4-2-5-11-20)30(25(27)32)21-12-6-3-7-13-21/h2-14,24,31H,15-18H2,1H3,(H,28,33). The van der Waals surface area contributed by atoms with Crippen LogP contribution in [0.15, 0.2) is 78.9 Å². The molecule has 168 valence electrons. The lowest BCUT2D eigenvalue weighted by atomic mass is 9.62. The second kappa shape index (κ2) is 8.28. The number of aryl methyl sites for hydroxylation is 1. The number of aromatic hydroxyl groups is 1. The maximum Gasteiger partial charge on any atom is 0.321 e. The molecule has 3 aromatic rings. The zero-order valence-electron chi connectivity index (χ0n) is 18.6. The topological polar surface area (TPSA) is 72.9 Å². The molecule has 1 unspecified atom stereocenters. The minimum atomic E-state index is -0.515. The summed E-state index contributed by atoms with van der Waals surface area (Å²) in [6, 6.07) is 24.8. The maximum atomic E-state index is 13.6. The van der Waals surface area contributed by atoms with Crippen LogP contribution in [0.1, 0.15) is 30.0 Å². The van der Waals surface area contributed by atoms with Crippen LogP contribution in [0.5, 0.6) is 5.75 Å². The lowest BCUT2D eigenvalue weighted by Crippen LogP contribution is -2.67. The fraction of sp³-hybridized carbons (Fsp3) is 0.259. The highest BCUT2D eigenvalue weighted by atomic mass is 16.3. The number of piperidine rings is 1. The summed E-state index contributed by atoms with van der Waals surface area (Å²) in [6.07, 6.45) is 1.20. The SMILES string of the molecule is Cc1cccc(O)c1NC(=O)N1CCC2(CC1)C(=O)N(c1ccccc1)C2c1ccccc1. The molecule has 0 aromatic heterocycles. The van der Waals surface area contributed by atoms with E-state index >= 15 is 0 Å². The van der Waals surface area contributed by atoms with E-state index in [0.717, 1.165) is 16.8 Å². The fourth-order valence-corrected chi connectivity index (χ4v) is 5.21. The number of carbonyl (C=O) groups is 2. The second-order valence-corrected chi connectivity index (χ2v) is 8.87. The number of benzene rings is 3. The van der Waals surface area contributed by atoms with Gasteiger partial charge in [0.1, 0.15) is 5.75 Å². The Bertz CT molecular complexity index is 1150. The number of urea groups is 1. The molecular weight excluding hydrogens is 414 g/mol. The van der Waals surface area contributed by atoms with Crippen molar-refractivity contribution >= 4 is 23.3 Å². The number of nitrogens with one attached hydrogen (secondary N) is 1. The molecule has 3 aromatic carbocycles. The van der Waals surface area contributed by atoms with Crippen LogP contribution in [0.4, 0.5) is 16.2 Å². The minimum absolute atomic E-state index is 0.0497. The molecule has 0 radical (unpaired) electrons. The average molecular weight is 442 g/mol. The number of nitrogens with zero attached hydrogens (tertiary/aromatic N) is 2. The Morgan fingerprint density at radius 2 is 1.58 bits per heavy atom. The number of anilines is 2. The summed E-state index contributed by atoms with van der Waals surface area (Å²) in [5.41, 5.74) is 2.73. The number of β-lactam (4-membered cyclic amide) rings is 1. The zero-order valence-corrected chi connectivity index (χ0v) is 18.6. The summed E-state index contributed by atoms with van der Waals surface area (Å²) < 4.78 is 0. The van der Waals surface area contributed by atoms with Crippen molar-refractivity contribution in [1.29, 1.82) is 0 Å². The highest BCUT2D eigenvalue weighted by Gasteiger charge is 2.62. The summed E-state index contributed by atoms with van der Waals surface area (Å²) in [6.45, 7) is 2.81. The summed E-state index contributed by atoms with van der Waals surface area (Å²) in [5, 5.41) is 13.0. The van der Waals surface area contributed by atoms with E-state index in [2.05, 4.69) is 17.4 Å². The molecule has 2 fully saturated rings. The Labute approximate surface area is 193 Å². The van der Waals surface area contributed by atoms with Gasteiger partial charge in [-0.05, 0) is 49.1 Å². The van der Waals surface area contributed by atoms with Gasteiger partial charge in [0.15, 0.2) is 0 Å². The first-order chi connectivity index (χ1) is 16.0. The van der Waals surface area contributed by atoms with E-state index in [1.54, 1.807) is 17.0 Å². The first-order valence-corrected chi connectivity index (χ1v) is 11.3. The number of hydrogen-bond donors (Lipinski definition) is 2. The number of phenolic OH excluding ortho intramolecular Hbond substituents is 1. The number of phenols is 1. The lowest BCUT2D eigenvalue weighted by Gasteiger charge is -2.59. The van der Waals surface area contributed by atoms with Crippen LogP contribution in [-0.2, 0) is 4.79 Å². The summed E-state index contributed by atoms with van der Waals surface area (Å²) >= 11 is 0. The molecular formula is C27H27N3O3. The van der Waals surface area contributed by atoms with Crippen LogP contribution < -0.4 is 10.2 Å². The molecule has 2 N–H and O–H groups in total. The van der Waals surface area contributed by atoms with E-state index in [0.29, 0.717) is 31.6 Å². The third-order valence-corrected chi connectivity index (χ3v) is 7.00. The number of carbonyl (C=O) groups excluding carboxylic acids is 2. The van der Waals surface area contributed by atoms with Gasteiger partial charge in [0.2, 0.25) is 5.91 Å². The Morgan fingerprint density at radius 3 is 2.21 bits per heavy atom. The number of amides is 3. The average Bonchev–Trinajstić information content (AvgIpc) is 2.85. The van der Waals surface area contributed by atoms with Crippen LogP contribution >= 0.6 is 0 Å². The molecule has 3 amide bonds. The molecule has 33 heavy (non-hydrogen) atoms. The van der Waals surface area contributed by atoms with Gasteiger partial charge in [-0.2, -0.15) is 0 Å². The van der Waals surface area contributed by atoms with E-state index < -0.39 is 5.41 Å². The Hall–Kier alpha value is -3.80. The molecule has 2 saturated heterocycles. The lowest BCUT2D eigenvalue weighted by molar-refractivity contribution is -0.144. The van der Waals surface area contributed by atoms with Gasteiger partial charge >= 0.3 is 6.03 Å². The molecule has 2 aliphatic heterocycles. The summed E-state index contributed by atoms with van der Waals surface area (Å²) in [4.78, 5) is 30.1. The predicted octanol–water partition coefficient (Wildman–Crippen LogP) is 5.10. The third kappa shape index (κ3) is 3.52. The van der Waals surface area contributed by atoms with Gasteiger partial charge < -0.3 is 20.2 Å². The van der Waals surface area contributed by atoms with Crippen molar-refractivity contribution in [2.75, 3.05) is 23.3 Å². The largest absolute Gasteiger partial charge is 0.506 e. The van der Waals surface area contributed by atoms with Crippen LogP contribution in [0, 0.1) is 12.3 Å². The molecule has 5 rings (SSSR count). The van der Waals surface area contributed by atoms with Gasteiger partial charge in [0.05, 0.1) is 17.1 Å². The number of para-hydroxylation sites is 2. The van der Waals surface area contributed by atoms with E-state index in [-0.39, 0.29) is 23.7 Å². The predicted molar refractivity (Wildman–Crippen MR) is 128 cm³/mol. The molecule has 2 heterocycles. The van der Waals surface area contributed by atoms with E-state index in [4.69, 9.17) is 0 Å². The highest BCUT2D eigenvalue weighted by Crippen LogP contribution is 2.57. The summed E-state index contributed by atoms with van der Waals surface area (Å²) in [5.74, 6) is 0.174. The normalized spacial score (nSPS) is 19.3. The van der Waals surface area contributed by atoms with Gasteiger partial charge in [-0.1, -0.05) is 60.7 Å². The second-order valence-electron chi connectivity index (χ2n) is 8.87. The first-order valence-electron chi connectivity index (χ1n) is 11.3. The Kier molecular flexibility index (Phi) is 5.29. The maximum absolute atomic E-state index is 13.6. The van der Waals surface area contributed by atoms with Crippen LogP contribution in [0.25, 0.3) is 0 Å². The number of rotatable bonds is 3. The van der Waals surface area contributed by atoms with Crippen LogP contribution in [-0.4, -0.2) is 35.0 Å². The fourth-order valence-electron chi connectivity index (χ4n) is 5.21. The van der Waals surface area contributed by atoms with Crippen molar-refractivity contribution in [3.8, 4) is 5.75 Å². The molecule has 0 bridgehead atoms. The third-order valence-electron chi connectivity index (χ3n) is 7.00. The Morgan fingerprint density at radius 1 is 0.939 bits per heavy atom.